The number of ether oxygens (including phenoxy) is 1. The molecule has 1 aromatic carbocycles. The lowest BCUT2D eigenvalue weighted by Gasteiger charge is -2.15. The van der Waals surface area contributed by atoms with Gasteiger partial charge in [-0.2, -0.15) is 4.37 Å². The predicted octanol–water partition coefficient (Wildman–Crippen LogP) is 4.87. The van der Waals surface area contributed by atoms with Gasteiger partial charge in [-0.1, -0.05) is 29.8 Å². The zero-order valence-corrected chi connectivity index (χ0v) is 13.1. The summed E-state index contributed by atoms with van der Waals surface area (Å²) in [6, 6.07) is 7.25. The summed E-state index contributed by atoms with van der Waals surface area (Å²) in [7, 11) is 0. The van der Waals surface area contributed by atoms with Gasteiger partial charge in [0.25, 0.3) is 0 Å². The molecule has 1 atom stereocenters. The van der Waals surface area contributed by atoms with Crippen LogP contribution < -0.4 is 5.32 Å². The molecule has 0 aliphatic rings. The van der Waals surface area contributed by atoms with Crippen LogP contribution in [-0.2, 0) is 4.74 Å². The third kappa shape index (κ3) is 3.68. The maximum atomic E-state index is 11.7. The van der Waals surface area contributed by atoms with Crippen LogP contribution in [0.15, 0.2) is 34.2 Å². The zero-order chi connectivity index (χ0) is 13.8. The molecule has 0 fully saturated rings. The van der Waals surface area contributed by atoms with E-state index in [1.54, 1.807) is 19.2 Å². The number of hydrogen-bond acceptors (Lipinski definition) is 4. The second-order valence-electron chi connectivity index (χ2n) is 3.71. The van der Waals surface area contributed by atoms with E-state index in [2.05, 4.69) is 25.6 Å². The highest BCUT2D eigenvalue weighted by molar-refractivity contribution is 9.11. The van der Waals surface area contributed by atoms with Gasteiger partial charge in [-0.15, -0.1) is 0 Å². The first kappa shape index (κ1) is 14.3. The van der Waals surface area contributed by atoms with Crippen LogP contribution in [0, 0.1) is 0 Å². The number of anilines is 1. The van der Waals surface area contributed by atoms with Gasteiger partial charge >= 0.3 is 6.09 Å². The van der Waals surface area contributed by atoms with E-state index in [0.717, 1.165) is 9.35 Å². The summed E-state index contributed by atoms with van der Waals surface area (Å²) in [5.41, 5.74) is 1.35. The van der Waals surface area contributed by atoms with Crippen molar-refractivity contribution in [3.8, 4) is 0 Å². The molecule has 1 N–H and O–H groups in total. The molecule has 0 aliphatic heterocycles. The summed E-state index contributed by atoms with van der Waals surface area (Å²) in [4.78, 5) is 11.7. The summed E-state index contributed by atoms with van der Waals surface area (Å²) in [5.74, 6) is 0. The molecule has 0 unspecified atom stereocenters. The normalized spacial score (nSPS) is 11.9. The van der Waals surface area contributed by atoms with Crippen molar-refractivity contribution >= 4 is 50.8 Å². The van der Waals surface area contributed by atoms with Crippen molar-refractivity contribution in [3.05, 3.63) is 44.8 Å². The third-order valence-electron chi connectivity index (χ3n) is 2.39. The van der Waals surface area contributed by atoms with Crippen molar-refractivity contribution in [1.82, 2.24) is 4.37 Å². The van der Waals surface area contributed by atoms with E-state index < -0.39 is 12.2 Å². The number of hydrogen-bond donors (Lipinski definition) is 1. The lowest BCUT2D eigenvalue weighted by molar-refractivity contribution is 0.121. The largest absolute Gasteiger partial charge is 0.441 e. The van der Waals surface area contributed by atoms with Crippen molar-refractivity contribution in [2.45, 2.75) is 13.0 Å². The van der Waals surface area contributed by atoms with Gasteiger partial charge in [0.05, 0.1) is 11.9 Å². The first-order valence-corrected chi connectivity index (χ1v) is 7.34. The Hall–Kier alpha value is -1.11. The van der Waals surface area contributed by atoms with Crippen LogP contribution in [-0.4, -0.2) is 10.5 Å². The average Bonchev–Trinajstić information content (AvgIpc) is 2.75. The summed E-state index contributed by atoms with van der Waals surface area (Å²) >= 11 is 10.6. The molecule has 0 spiro atoms. The van der Waals surface area contributed by atoms with Crippen LogP contribution in [0.25, 0.3) is 0 Å². The number of carbonyl (C=O) groups is 1. The molecule has 2 rings (SSSR count). The Kier molecular flexibility index (Phi) is 4.79. The number of nitrogens with one attached hydrogen (secondary N) is 1. The molecule has 0 saturated carbocycles. The second-order valence-corrected chi connectivity index (χ2v) is 6.23. The van der Waals surface area contributed by atoms with Crippen molar-refractivity contribution in [1.29, 1.82) is 0 Å². The number of amides is 1. The first-order valence-electron chi connectivity index (χ1n) is 5.40. The van der Waals surface area contributed by atoms with Crippen LogP contribution in [0.3, 0.4) is 0 Å². The maximum absolute atomic E-state index is 11.7. The highest BCUT2D eigenvalue weighted by Gasteiger charge is 2.15. The van der Waals surface area contributed by atoms with Gasteiger partial charge in [-0.3, -0.25) is 5.32 Å². The van der Waals surface area contributed by atoms with Crippen molar-refractivity contribution in [2.24, 2.45) is 0 Å². The van der Waals surface area contributed by atoms with E-state index in [4.69, 9.17) is 16.3 Å². The molecule has 0 bridgehead atoms. The molecule has 1 heterocycles. The molecular weight excluding hydrogens is 352 g/mol. The molecule has 0 saturated heterocycles. The Morgan fingerprint density at radius 2 is 2.26 bits per heavy atom. The summed E-state index contributed by atoms with van der Waals surface area (Å²) in [6.45, 7) is 1.77. The molecule has 1 amide bonds. The number of halogens is 2. The fraction of sp³-hybridized carbons (Fsp3) is 0.167. The predicted molar refractivity (Wildman–Crippen MR) is 79.8 cm³/mol. The molecule has 19 heavy (non-hydrogen) atoms. The van der Waals surface area contributed by atoms with Gasteiger partial charge in [0, 0.05) is 10.6 Å². The number of rotatable bonds is 3. The summed E-state index contributed by atoms with van der Waals surface area (Å²) in [6.07, 6.45) is 0.572. The molecule has 2 aromatic rings. The third-order valence-corrected chi connectivity index (χ3v) is 4.19. The molecule has 4 nitrogen and oxygen atoms in total. The number of benzene rings is 1. The lowest BCUT2D eigenvalue weighted by Crippen LogP contribution is -2.16. The second kappa shape index (κ2) is 6.36. The monoisotopic (exact) mass is 360 g/mol. The Bertz CT molecular complexity index is 591. The van der Waals surface area contributed by atoms with Crippen molar-refractivity contribution in [2.75, 3.05) is 5.32 Å². The quantitative estimate of drug-likeness (QED) is 0.848. The fourth-order valence-corrected chi connectivity index (χ4v) is 2.67. The Morgan fingerprint density at radius 1 is 1.53 bits per heavy atom. The van der Waals surface area contributed by atoms with Gasteiger partial charge < -0.3 is 4.74 Å². The average molecular weight is 362 g/mol. The minimum absolute atomic E-state index is 0.431. The molecule has 100 valence electrons. The zero-order valence-electron chi connectivity index (χ0n) is 9.89. The Morgan fingerprint density at radius 3 is 2.89 bits per heavy atom. The standard InChI is InChI=1S/C12H10BrClN2O2S/c1-7(8-4-2-3-5-9(8)14)18-12(17)16-10-6-15-19-11(10)13/h2-7H,1H3,(H,16,17)/t7-/m1/s1. The van der Waals surface area contributed by atoms with Gasteiger partial charge in [-0.25, -0.2) is 4.79 Å². The molecular formula is C12H10BrClN2O2S. The minimum atomic E-state index is -0.548. The number of nitrogens with zero attached hydrogens (tertiary/aromatic N) is 1. The first-order chi connectivity index (χ1) is 9.08. The summed E-state index contributed by atoms with van der Waals surface area (Å²) in [5, 5.41) is 3.18. The SMILES string of the molecule is C[C@@H](OC(=O)Nc1cnsc1Br)c1ccccc1Cl. The van der Waals surface area contributed by atoms with Crippen LogP contribution in [0.2, 0.25) is 5.02 Å². The van der Waals surface area contributed by atoms with Crippen LogP contribution in [0.5, 0.6) is 0 Å². The smallest absolute Gasteiger partial charge is 0.412 e. The summed E-state index contributed by atoms with van der Waals surface area (Å²) < 4.78 is 9.94. The molecule has 0 radical (unpaired) electrons. The van der Waals surface area contributed by atoms with Gasteiger partial charge in [0.2, 0.25) is 0 Å². The van der Waals surface area contributed by atoms with E-state index in [0.29, 0.717) is 10.7 Å². The Balaban J connectivity index is 2.00. The van der Waals surface area contributed by atoms with Crippen molar-refractivity contribution in [3.63, 3.8) is 0 Å². The van der Waals surface area contributed by atoms with E-state index >= 15 is 0 Å². The van der Waals surface area contributed by atoms with Crippen LogP contribution in [0.4, 0.5) is 10.5 Å². The minimum Gasteiger partial charge on any atom is -0.441 e. The maximum Gasteiger partial charge on any atom is 0.412 e. The van der Waals surface area contributed by atoms with E-state index in [1.807, 2.05) is 18.2 Å². The molecule has 0 aliphatic carbocycles. The van der Waals surface area contributed by atoms with Gasteiger partial charge in [0.15, 0.2) is 0 Å². The van der Waals surface area contributed by atoms with E-state index in [1.165, 1.54) is 11.5 Å². The van der Waals surface area contributed by atoms with E-state index in [9.17, 15) is 4.79 Å². The van der Waals surface area contributed by atoms with Gasteiger partial charge in [-0.05, 0) is 40.5 Å². The highest BCUT2D eigenvalue weighted by Crippen LogP contribution is 2.28. The molecule has 1 aromatic heterocycles. The fourth-order valence-electron chi connectivity index (χ4n) is 1.47. The topological polar surface area (TPSA) is 51.2 Å². The van der Waals surface area contributed by atoms with Crippen LogP contribution >= 0.6 is 39.1 Å². The van der Waals surface area contributed by atoms with E-state index in [-0.39, 0.29) is 0 Å². The van der Waals surface area contributed by atoms with Crippen LogP contribution in [0.1, 0.15) is 18.6 Å². The highest BCUT2D eigenvalue weighted by atomic mass is 79.9. The molecule has 7 heteroatoms. The number of carbonyl (C=O) groups excluding carboxylic acids is 1. The number of aromatic nitrogens is 1. The Labute approximate surface area is 128 Å². The van der Waals surface area contributed by atoms with Crippen molar-refractivity contribution < 1.29 is 9.53 Å². The van der Waals surface area contributed by atoms with Gasteiger partial charge in [0.1, 0.15) is 9.89 Å². The lowest BCUT2D eigenvalue weighted by atomic mass is 10.1.